The van der Waals surface area contributed by atoms with Gasteiger partial charge in [0.2, 0.25) is 12.5 Å². The van der Waals surface area contributed by atoms with Gasteiger partial charge in [-0.1, -0.05) is 6.07 Å². The largest absolute Gasteiger partial charge is 0.496 e. The molecule has 0 saturated carbocycles. The average Bonchev–Trinajstić information content (AvgIpc) is 3.18. The number of rotatable bonds is 8. The van der Waals surface area contributed by atoms with E-state index in [1.165, 1.54) is 14.2 Å². The number of hydrogen-bond acceptors (Lipinski definition) is 8. The van der Waals surface area contributed by atoms with Crippen LogP contribution >= 0.6 is 0 Å². The average molecular weight is 390 g/mol. The van der Waals surface area contributed by atoms with Crippen molar-refractivity contribution in [2.75, 3.05) is 27.6 Å². The lowest BCUT2D eigenvalue weighted by atomic mass is 10.1. The first-order valence-corrected chi connectivity index (χ1v) is 8.71. The molecule has 28 heavy (non-hydrogen) atoms. The van der Waals surface area contributed by atoms with Crippen LogP contribution in [0.25, 0.3) is 0 Å². The molecule has 0 radical (unpaired) electrons. The maximum absolute atomic E-state index is 12.0. The van der Waals surface area contributed by atoms with Crippen molar-refractivity contribution >= 4 is 5.97 Å². The first kappa shape index (κ1) is 19.6. The molecule has 0 aliphatic carbocycles. The van der Waals surface area contributed by atoms with Gasteiger partial charge in [-0.05, 0) is 13.0 Å². The number of carbonyl (C=O) groups is 1. The van der Waals surface area contributed by atoms with Gasteiger partial charge >= 0.3 is 5.97 Å². The quantitative estimate of drug-likeness (QED) is 0.688. The SMILES string of the molecule is CCOC(=O)Cc1ccc2c(c1Oc1cc(OC)c(CO)c(OC)c1)OCO2. The molecule has 8 nitrogen and oxygen atoms in total. The second-order valence-electron chi connectivity index (χ2n) is 5.84. The predicted molar refractivity (Wildman–Crippen MR) is 98.4 cm³/mol. The van der Waals surface area contributed by atoms with Crippen LogP contribution in [0.2, 0.25) is 0 Å². The van der Waals surface area contributed by atoms with Crippen molar-refractivity contribution in [3.8, 4) is 34.5 Å². The summed E-state index contributed by atoms with van der Waals surface area (Å²) in [4.78, 5) is 12.0. The Labute approximate surface area is 162 Å². The molecule has 1 N–H and O–H groups in total. The molecule has 0 atom stereocenters. The van der Waals surface area contributed by atoms with Crippen molar-refractivity contribution < 1.29 is 38.3 Å². The van der Waals surface area contributed by atoms with Crippen LogP contribution in [0.5, 0.6) is 34.5 Å². The van der Waals surface area contributed by atoms with Crippen molar-refractivity contribution in [2.24, 2.45) is 0 Å². The Kier molecular flexibility index (Phi) is 6.10. The monoisotopic (exact) mass is 390 g/mol. The van der Waals surface area contributed by atoms with Gasteiger partial charge in [-0.15, -0.1) is 0 Å². The minimum Gasteiger partial charge on any atom is -0.496 e. The molecule has 0 bridgehead atoms. The van der Waals surface area contributed by atoms with Gasteiger partial charge in [0.05, 0.1) is 39.4 Å². The van der Waals surface area contributed by atoms with E-state index in [-0.39, 0.29) is 32.4 Å². The third kappa shape index (κ3) is 3.91. The van der Waals surface area contributed by atoms with Crippen LogP contribution in [0, 0.1) is 0 Å². The number of aliphatic hydroxyl groups excluding tert-OH is 1. The molecule has 0 saturated heterocycles. The summed E-state index contributed by atoms with van der Waals surface area (Å²) in [6.45, 7) is 1.84. The molecule has 1 heterocycles. The van der Waals surface area contributed by atoms with E-state index in [4.69, 9.17) is 28.4 Å². The van der Waals surface area contributed by atoms with E-state index in [0.717, 1.165) is 0 Å². The highest BCUT2D eigenvalue weighted by Crippen LogP contribution is 2.46. The third-order valence-electron chi connectivity index (χ3n) is 4.17. The van der Waals surface area contributed by atoms with E-state index in [0.29, 0.717) is 45.6 Å². The summed E-state index contributed by atoms with van der Waals surface area (Å²) < 4.78 is 32.7. The van der Waals surface area contributed by atoms with Crippen molar-refractivity contribution in [1.82, 2.24) is 0 Å². The fraction of sp³-hybridized carbons (Fsp3) is 0.350. The normalized spacial score (nSPS) is 11.9. The summed E-state index contributed by atoms with van der Waals surface area (Å²) in [5.74, 6) is 2.11. The van der Waals surface area contributed by atoms with Gasteiger partial charge in [0.25, 0.3) is 0 Å². The van der Waals surface area contributed by atoms with Crippen molar-refractivity contribution in [3.05, 3.63) is 35.4 Å². The van der Waals surface area contributed by atoms with E-state index >= 15 is 0 Å². The topological polar surface area (TPSA) is 92.7 Å². The Balaban J connectivity index is 2.01. The Hall–Kier alpha value is -3.13. The predicted octanol–water partition coefficient (Wildman–Crippen LogP) is 2.82. The van der Waals surface area contributed by atoms with Crippen molar-refractivity contribution in [2.45, 2.75) is 20.0 Å². The smallest absolute Gasteiger partial charge is 0.310 e. The number of esters is 1. The van der Waals surface area contributed by atoms with E-state index in [2.05, 4.69) is 0 Å². The lowest BCUT2D eigenvalue weighted by Crippen LogP contribution is -2.08. The molecule has 0 fully saturated rings. The zero-order valence-corrected chi connectivity index (χ0v) is 15.9. The Morgan fingerprint density at radius 1 is 1.14 bits per heavy atom. The van der Waals surface area contributed by atoms with Gasteiger partial charge in [-0.2, -0.15) is 0 Å². The van der Waals surface area contributed by atoms with E-state index in [1.54, 1.807) is 31.2 Å². The fourth-order valence-corrected chi connectivity index (χ4v) is 2.90. The minimum absolute atomic E-state index is 0.0167. The summed E-state index contributed by atoms with van der Waals surface area (Å²) in [5, 5.41) is 9.57. The number of fused-ring (bicyclic) bond motifs is 1. The van der Waals surface area contributed by atoms with E-state index in [9.17, 15) is 9.90 Å². The van der Waals surface area contributed by atoms with Crippen LogP contribution in [0.3, 0.4) is 0 Å². The van der Waals surface area contributed by atoms with Crippen LogP contribution in [0.4, 0.5) is 0 Å². The number of aliphatic hydroxyl groups is 1. The molecule has 0 aromatic heterocycles. The summed E-state index contributed by atoms with van der Waals surface area (Å²) in [5.41, 5.74) is 1.09. The van der Waals surface area contributed by atoms with Gasteiger partial charge in [0.15, 0.2) is 11.5 Å². The molecule has 2 aromatic carbocycles. The van der Waals surface area contributed by atoms with Gasteiger partial charge in [-0.3, -0.25) is 4.79 Å². The highest BCUT2D eigenvalue weighted by atomic mass is 16.7. The van der Waals surface area contributed by atoms with E-state index < -0.39 is 0 Å². The summed E-state index contributed by atoms with van der Waals surface area (Å²) >= 11 is 0. The minimum atomic E-state index is -0.378. The lowest BCUT2D eigenvalue weighted by Gasteiger charge is -2.17. The molecule has 2 aromatic rings. The second-order valence-corrected chi connectivity index (χ2v) is 5.84. The zero-order valence-electron chi connectivity index (χ0n) is 15.9. The van der Waals surface area contributed by atoms with Gasteiger partial charge in [-0.25, -0.2) is 0 Å². The molecule has 0 amide bonds. The molecule has 8 heteroatoms. The van der Waals surface area contributed by atoms with Crippen LogP contribution in [0.15, 0.2) is 24.3 Å². The second kappa shape index (κ2) is 8.71. The molecule has 150 valence electrons. The Morgan fingerprint density at radius 2 is 1.86 bits per heavy atom. The number of ether oxygens (including phenoxy) is 6. The van der Waals surface area contributed by atoms with Gasteiger partial charge in [0.1, 0.15) is 17.2 Å². The summed E-state index contributed by atoms with van der Waals surface area (Å²) in [7, 11) is 2.97. The first-order chi connectivity index (χ1) is 13.6. The molecule has 1 aliphatic rings. The molecular weight excluding hydrogens is 368 g/mol. The number of benzene rings is 2. The van der Waals surface area contributed by atoms with Crippen LogP contribution < -0.4 is 23.7 Å². The summed E-state index contributed by atoms with van der Waals surface area (Å²) in [6.07, 6.45) is 0.0167. The fourth-order valence-electron chi connectivity index (χ4n) is 2.90. The van der Waals surface area contributed by atoms with Crippen LogP contribution in [-0.2, 0) is 22.6 Å². The maximum Gasteiger partial charge on any atom is 0.310 e. The van der Waals surface area contributed by atoms with Gasteiger partial charge < -0.3 is 33.5 Å². The molecule has 1 aliphatic heterocycles. The highest BCUT2D eigenvalue weighted by molar-refractivity contribution is 5.75. The van der Waals surface area contributed by atoms with E-state index in [1.807, 2.05) is 0 Å². The number of methoxy groups -OCH3 is 2. The third-order valence-corrected chi connectivity index (χ3v) is 4.17. The van der Waals surface area contributed by atoms with Crippen LogP contribution in [-0.4, -0.2) is 38.7 Å². The zero-order chi connectivity index (χ0) is 20.1. The van der Waals surface area contributed by atoms with Crippen LogP contribution in [0.1, 0.15) is 18.1 Å². The van der Waals surface area contributed by atoms with Crippen molar-refractivity contribution in [3.63, 3.8) is 0 Å². The number of carbonyl (C=O) groups excluding carboxylic acids is 1. The maximum atomic E-state index is 12.0. The molecule has 3 rings (SSSR count). The lowest BCUT2D eigenvalue weighted by molar-refractivity contribution is -0.142. The Bertz CT molecular complexity index is 837. The van der Waals surface area contributed by atoms with Crippen molar-refractivity contribution in [1.29, 1.82) is 0 Å². The first-order valence-electron chi connectivity index (χ1n) is 8.71. The molecule has 0 spiro atoms. The summed E-state index contributed by atoms with van der Waals surface area (Å²) in [6, 6.07) is 6.70. The standard InChI is InChI=1S/C20H22O8/c1-4-25-18(22)7-12-5-6-15-20(27-11-26-15)19(12)28-13-8-16(23-2)14(10-21)17(9-13)24-3/h5-6,8-9,21H,4,7,10-11H2,1-3H3. The molecule has 0 unspecified atom stereocenters. The van der Waals surface area contributed by atoms with Gasteiger partial charge in [0, 0.05) is 17.7 Å². The Morgan fingerprint density at radius 3 is 2.46 bits per heavy atom. The highest BCUT2D eigenvalue weighted by Gasteiger charge is 2.25. The molecular formula is C20H22O8. The number of hydrogen-bond donors (Lipinski definition) is 1.